The van der Waals surface area contributed by atoms with Crippen LogP contribution in [0.2, 0.25) is 0 Å². The van der Waals surface area contributed by atoms with E-state index in [2.05, 4.69) is 15.3 Å². The Hall–Kier alpha value is -2.89. The molecular formula is C18H19N5O. The smallest absolute Gasteiger partial charge is 0.275 e. The highest BCUT2D eigenvalue weighted by atomic mass is 16.1. The number of nitrogens with one attached hydrogen (secondary N) is 1. The first-order valence-electron chi connectivity index (χ1n) is 8.07. The molecule has 2 heterocycles. The molecule has 0 saturated heterocycles. The lowest BCUT2D eigenvalue weighted by Gasteiger charge is -2.08. The van der Waals surface area contributed by atoms with Crippen molar-refractivity contribution >= 4 is 11.6 Å². The number of nitrogens with zero attached hydrogens (tertiary/aromatic N) is 4. The summed E-state index contributed by atoms with van der Waals surface area (Å²) in [5, 5.41) is 2.89. The first-order valence-corrected chi connectivity index (χ1v) is 8.07. The third-order valence-electron chi connectivity index (χ3n) is 4.46. The Morgan fingerprint density at radius 2 is 1.88 bits per heavy atom. The van der Waals surface area contributed by atoms with Crippen molar-refractivity contribution in [2.45, 2.75) is 32.7 Å². The predicted octanol–water partition coefficient (Wildman–Crippen LogP) is 3.27. The van der Waals surface area contributed by atoms with Crippen LogP contribution in [0.4, 0.5) is 5.69 Å². The van der Waals surface area contributed by atoms with E-state index < -0.39 is 0 Å². The molecule has 3 aromatic rings. The lowest BCUT2D eigenvalue weighted by molar-refractivity contribution is 0.102. The Morgan fingerprint density at radius 3 is 2.50 bits per heavy atom. The molecule has 0 aliphatic heterocycles. The van der Waals surface area contributed by atoms with Crippen LogP contribution >= 0.6 is 0 Å². The van der Waals surface area contributed by atoms with Gasteiger partial charge in [0.2, 0.25) is 0 Å². The highest BCUT2D eigenvalue weighted by Gasteiger charge is 2.24. The van der Waals surface area contributed by atoms with Gasteiger partial charge < -0.3 is 14.5 Å². The maximum Gasteiger partial charge on any atom is 0.275 e. The second kappa shape index (κ2) is 5.63. The van der Waals surface area contributed by atoms with Crippen LogP contribution in [-0.4, -0.2) is 25.0 Å². The third-order valence-corrected chi connectivity index (χ3v) is 4.46. The summed E-state index contributed by atoms with van der Waals surface area (Å²) in [6.07, 6.45) is 7.71. The van der Waals surface area contributed by atoms with Crippen molar-refractivity contribution in [2.75, 3.05) is 5.32 Å². The molecule has 1 aromatic carbocycles. The lowest BCUT2D eigenvalue weighted by atomic mass is 10.2. The SMILES string of the molecule is Cc1ncn(-c2ccc(NC(=O)c3cn(C4CC4)cn3)cc2)c1C. The van der Waals surface area contributed by atoms with Crippen LogP contribution in [0.1, 0.15) is 40.8 Å². The van der Waals surface area contributed by atoms with Gasteiger partial charge in [-0.15, -0.1) is 0 Å². The predicted molar refractivity (Wildman–Crippen MR) is 91.5 cm³/mol. The Labute approximate surface area is 140 Å². The molecule has 1 aliphatic carbocycles. The van der Waals surface area contributed by atoms with Gasteiger partial charge in [0.25, 0.3) is 5.91 Å². The Kier molecular flexibility index (Phi) is 3.45. The number of carbonyl (C=O) groups excluding carboxylic acids is 1. The van der Waals surface area contributed by atoms with E-state index in [1.165, 1.54) is 12.8 Å². The molecule has 1 fully saturated rings. The lowest BCUT2D eigenvalue weighted by Crippen LogP contribution is -2.12. The number of amides is 1. The molecule has 0 radical (unpaired) electrons. The van der Waals surface area contributed by atoms with Gasteiger partial charge in [-0.3, -0.25) is 4.79 Å². The topological polar surface area (TPSA) is 64.7 Å². The Balaban J connectivity index is 1.48. The zero-order valence-corrected chi connectivity index (χ0v) is 13.7. The minimum Gasteiger partial charge on any atom is -0.334 e. The molecule has 6 heteroatoms. The molecule has 6 nitrogen and oxygen atoms in total. The first kappa shape index (κ1) is 14.7. The van der Waals surface area contributed by atoms with Crippen molar-refractivity contribution in [1.29, 1.82) is 0 Å². The van der Waals surface area contributed by atoms with E-state index in [0.29, 0.717) is 11.7 Å². The van der Waals surface area contributed by atoms with E-state index in [4.69, 9.17) is 0 Å². The Bertz CT molecular complexity index is 887. The molecule has 0 atom stereocenters. The van der Waals surface area contributed by atoms with Crippen molar-refractivity contribution in [3.63, 3.8) is 0 Å². The average Bonchev–Trinajstić information content (AvgIpc) is 3.22. The molecule has 122 valence electrons. The number of anilines is 1. The fraction of sp³-hybridized carbons (Fsp3) is 0.278. The van der Waals surface area contributed by atoms with Gasteiger partial charge >= 0.3 is 0 Å². The van der Waals surface area contributed by atoms with Crippen LogP contribution in [0.15, 0.2) is 43.1 Å². The summed E-state index contributed by atoms with van der Waals surface area (Å²) in [6.45, 7) is 4.02. The minimum atomic E-state index is -0.184. The van der Waals surface area contributed by atoms with Crippen molar-refractivity contribution in [1.82, 2.24) is 19.1 Å². The molecule has 0 unspecified atom stereocenters. The third kappa shape index (κ3) is 2.71. The zero-order chi connectivity index (χ0) is 16.7. The maximum atomic E-state index is 12.3. The van der Waals surface area contributed by atoms with Crippen LogP contribution in [0.3, 0.4) is 0 Å². The van der Waals surface area contributed by atoms with E-state index in [1.54, 1.807) is 6.33 Å². The van der Waals surface area contributed by atoms with Gasteiger partial charge in [-0.25, -0.2) is 9.97 Å². The normalized spacial score (nSPS) is 13.9. The molecule has 0 bridgehead atoms. The van der Waals surface area contributed by atoms with Gasteiger partial charge in [0.05, 0.1) is 18.3 Å². The summed E-state index contributed by atoms with van der Waals surface area (Å²) < 4.78 is 4.04. The van der Waals surface area contributed by atoms with Gasteiger partial charge in [-0.1, -0.05) is 0 Å². The van der Waals surface area contributed by atoms with Crippen LogP contribution in [0.25, 0.3) is 5.69 Å². The summed E-state index contributed by atoms with van der Waals surface area (Å²) in [5.41, 5.74) is 4.34. The summed E-state index contributed by atoms with van der Waals surface area (Å²) >= 11 is 0. The van der Waals surface area contributed by atoms with Crippen LogP contribution in [-0.2, 0) is 0 Å². The van der Waals surface area contributed by atoms with E-state index >= 15 is 0 Å². The van der Waals surface area contributed by atoms with E-state index in [0.717, 1.165) is 22.8 Å². The van der Waals surface area contributed by atoms with Gasteiger partial charge in [-0.05, 0) is 51.0 Å². The van der Waals surface area contributed by atoms with Gasteiger partial charge in [0.1, 0.15) is 5.69 Å². The van der Waals surface area contributed by atoms with E-state index in [-0.39, 0.29) is 5.91 Å². The van der Waals surface area contributed by atoms with Crippen LogP contribution < -0.4 is 5.32 Å². The molecule has 1 amide bonds. The Morgan fingerprint density at radius 1 is 1.12 bits per heavy atom. The standard InChI is InChI=1S/C18H19N5O/c1-12-13(2)23(11-19-12)16-5-3-14(4-6-16)21-18(24)17-9-22(10-20-17)15-7-8-15/h3-6,9-11,15H,7-8H2,1-2H3,(H,21,24). The first-order chi connectivity index (χ1) is 11.6. The molecule has 1 N–H and O–H groups in total. The number of carbonyl (C=O) groups is 1. The zero-order valence-electron chi connectivity index (χ0n) is 13.7. The van der Waals surface area contributed by atoms with E-state index in [9.17, 15) is 4.79 Å². The summed E-state index contributed by atoms with van der Waals surface area (Å²) in [4.78, 5) is 20.8. The monoisotopic (exact) mass is 321 g/mol. The quantitative estimate of drug-likeness (QED) is 0.802. The highest BCUT2D eigenvalue weighted by molar-refractivity contribution is 6.02. The van der Waals surface area contributed by atoms with Gasteiger partial charge in [0, 0.05) is 29.3 Å². The number of imidazole rings is 2. The van der Waals surface area contributed by atoms with Gasteiger partial charge in [0.15, 0.2) is 0 Å². The van der Waals surface area contributed by atoms with Crippen molar-refractivity contribution in [3.8, 4) is 5.69 Å². The molecule has 0 spiro atoms. The van der Waals surface area contributed by atoms with Crippen LogP contribution in [0, 0.1) is 13.8 Å². The van der Waals surface area contributed by atoms with Crippen molar-refractivity contribution in [3.05, 3.63) is 60.2 Å². The number of rotatable bonds is 4. The summed E-state index contributed by atoms with van der Waals surface area (Å²) in [5.74, 6) is -0.184. The minimum absolute atomic E-state index is 0.184. The summed E-state index contributed by atoms with van der Waals surface area (Å²) in [7, 11) is 0. The number of hydrogen-bond acceptors (Lipinski definition) is 3. The second-order valence-corrected chi connectivity index (χ2v) is 6.22. The second-order valence-electron chi connectivity index (χ2n) is 6.22. The van der Waals surface area contributed by atoms with E-state index in [1.807, 2.05) is 59.8 Å². The molecule has 1 saturated carbocycles. The van der Waals surface area contributed by atoms with Crippen LogP contribution in [0.5, 0.6) is 0 Å². The molecule has 4 rings (SSSR count). The number of aryl methyl sites for hydroxylation is 1. The van der Waals surface area contributed by atoms with Crippen molar-refractivity contribution < 1.29 is 4.79 Å². The number of benzene rings is 1. The number of aromatic nitrogens is 4. The molecule has 24 heavy (non-hydrogen) atoms. The van der Waals surface area contributed by atoms with Crippen molar-refractivity contribution in [2.24, 2.45) is 0 Å². The highest BCUT2D eigenvalue weighted by Crippen LogP contribution is 2.34. The average molecular weight is 321 g/mol. The molecular weight excluding hydrogens is 302 g/mol. The fourth-order valence-corrected chi connectivity index (χ4v) is 2.69. The molecule has 2 aromatic heterocycles. The number of hydrogen-bond donors (Lipinski definition) is 1. The fourth-order valence-electron chi connectivity index (χ4n) is 2.69. The molecule has 1 aliphatic rings. The maximum absolute atomic E-state index is 12.3. The largest absolute Gasteiger partial charge is 0.334 e. The van der Waals surface area contributed by atoms with Gasteiger partial charge in [-0.2, -0.15) is 0 Å². The summed E-state index contributed by atoms with van der Waals surface area (Å²) in [6, 6.07) is 8.24.